The van der Waals surface area contributed by atoms with Crippen LogP contribution in [0.1, 0.15) is 20.3 Å². The van der Waals surface area contributed by atoms with Gasteiger partial charge < -0.3 is 15.2 Å². The Kier molecular flexibility index (Phi) is 5.87. The van der Waals surface area contributed by atoms with E-state index in [-0.39, 0.29) is 24.3 Å². The first-order valence-corrected chi connectivity index (χ1v) is 4.45. The average molecular weight is 203 g/mol. The third kappa shape index (κ3) is 5.53. The number of rotatable bonds is 6. The lowest BCUT2D eigenvalue weighted by molar-refractivity contribution is -0.138. The molecular weight excluding hydrogens is 186 g/mol. The van der Waals surface area contributed by atoms with Gasteiger partial charge in [0.2, 0.25) is 5.91 Å². The van der Waals surface area contributed by atoms with Gasteiger partial charge in [-0.15, -0.1) is 0 Å². The number of hydrogen-bond donors (Lipinski definition) is 2. The summed E-state index contributed by atoms with van der Waals surface area (Å²) in [5.41, 5.74) is 0. The van der Waals surface area contributed by atoms with E-state index < -0.39 is 5.97 Å². The van der Waals surface area contributed by atoms with Gasteiger partial charge in [0, 0.05) is 20.5 Å². The number of aliphatic carboxylic acids is 1. The van der Waals surface area contributed by atoms with Crippen LogP contribution in [0.3, 0.4) is 0 Å². The minimum absolute atomic E-state index is 0.0221. The maximum absolute atomic E-state index is 10.8. The van der Waals surface area contributed by atoms with Crippen LogP contribution in [0.4, 0.5) is 0 Å². The molecule has 5 nitrogen and oxygen atoms in total. The molecule has 0 bridgehead atoms. The number of carbonyl (C=O) groups excluding carboxylic acids is 1. The van der Waals surface area contributed by atoms with Crippen LogP contribution < -0.4 is 5.32 Å². The van der Waals surface area contributed by atoms with Crippen LogP contribution in [0.5, 0.6) is 0 Å². The Bertz CT molecular complexity index is 205. The van der Waals surface area contributed by atoms with Gasteiger partial charge in [0.15, 0.2) is 0 Å². The molecule has 0 unspecified atom stereocenters. The highest BCUT2D eigenvalue weighted by Gasteiger charge is 2.20. The van der Waals surface area contributed by atoms with Crippen molar-refractivity contribution in [3.63, 3.8) is 0 Å². The van der Waals surface area contributed by atoms with Gasteiger partial charge in [0.1, 0.15) is 0 Å². The van der Waals surface area contributed by atoms with Gasteiger partial charge in [-0.2, -0.15) is 0 Å². The molecule has 0 aliphatic carbocycles. The second kappa shape index (κ2) is 6.37. The molecular formula is C9H17NO4. The van der Waals surface area contributed by atoms with E-state index in [0.717, 1.165) is 0 Å². The van der Waals surface area contributed by atoms with E-state index in [1.165, 1.54) is 14.0 Å². The molecule has 0 saturated heterocycles. The zero-order valence-electron chi connectivity index (χ0n) is 8.74. The Labute approximate surface area is 83.4 Å². The van der Waals surface area contributed by atoms with Gasteiger partial charge >= 0.3 is 5.97 Å². The van der Waals surface area contributed by atoms with E-state index in [9.17, 15) is 9.59 Å². The van der Waals surface area contributed by atoms with Crippen molar-refractivity contribution in [3.8, 4) is 0 Å². The molecule has 0 aliphatic rings. The number of carboxylic acid groups (broad SMARTS) is 1. The van der Waals surface area contributed by atoms with Gasteiger partial charge in [0.05, 0.1) is 12.6 Å². The highest BCUT2D eigenvalue weighted by atomic mass is 16.5. The molecule has 0 aromatic rings. The number of amides is 1. The highest BCUT2D eigenvalue weighted by Crippen LogP contribution is 2.08. The number of hydrogen-bond acceptors (Lipinski definition) is 3. The molecule has 2 atom stereocenters. The Hall–Kier alpha value is -1.10. The van der Waals surface area contributed by atoms with E-state index in [2.05, 4.69) is 5.32 Å². The molecule has 14 heavy (non-hydrogen) atoms. The van der Waals surface area contributed by atoms with Crippen LogP contribution in [-0.4, -0.2) is 36.7 Å². The van der Waals surface area contributed by atoms with Gasteiger partial charge in [0.25, 0.3) is 0 Å². The number of carbonyl (C=O) groups is 2. The van der Waals surface area contributed by atoms with Crippen molar-refractivity contribution in [2.45, 2.75) is 26.3 Å². The standard InChI is InChI=1S/C9H17NO4/c1-6(4-9(12)13)8(5-14-3)10-7(2)11/h6,8H,4-5H2,1-3H3,(H,10,11)(H,12,13)/t6-,8-/m1/s1. The summed E-state index contributed by atoms with van der Waals surface area (Å²) in [5, 5.41) is 11.2. The van der Waals surface area contributed by atoms with E-state index in [1.807, 2.05) is 0 Å². The normalized spacial score (nSPS) is 14.5. The van der Waals surface area contributed by atoms with E-state index >= 15 is 0 Å². The Morgan fingerprint density at radius 1 is 1.50 bits per heavy atom. The Morgan fingerprint density at radius 2 is 2.07 bits per heavy atom. The fourth-order valence-electron chi connectivity index (χ4n) is 1.21. The van der Waals surface area contributed by atoms with Crippen molar-refractivity contribution >= 4 is 11.9 Å². The lowest BCUT2D eigenvalue weighted by Gasteiger charge is -2.22. The number of nitrogens with one attached hydrogen (secondary N) is 1. The van der Waals surface area contributed by atoms with E-state index in [1.54, 1.807) is 6.92 Å². The van der Waals surface area contributed by atoms with E-state index in [4.69, 9.17) is 9.84 Å². The zero-order chi connectivity index (χ0) is 11.1. The molecule has 5 heteroatoms. The predicted molar refractivity (Wildman–Crippen MR) is 50.9 cm³/mol. The molecule has 0 aliphatic heterocycles. The van der Waals surface area contributed by atoms with Crippen LogP contribution in [0, 0.1) is 5.92 Å². The SMILES string of the molecule is COC[C@@H](NC(C)=O)[C@H](C)CC(=O)O. The molecule has 0 fully saturated rings. The van der Waals surface area contributed by atoms with Crippen molar-refractivity contribution in [3.05, 3.63) is 0 Å². The molecule has 0 radical (unpaired) electrons. The average Bonchev–Trinajstić information content (AvgIpc) is 2.01. The summed E-state index contributed by atoms with van der Waals surface area (Å²) in [6, 6.07) is -0.242. The Balaban J connectivity index is 4.16. The maximum atomic E-state index is 10.8. The monoisotopic (exact) mass is 203 g/mol. The summed E-state index contributed by atoms with van der Waals surface area (Å²) in [6.07, 6.45) is 0.0221. The second-order valence-electron chi connectivity index (χ2n) is 3.34. The molecule has 82 valence electrons. The first kappa shape index (κ1) is 12.9. The topological polar surface area (TPSA) is 75.6 Å². The van der Waals surface area contributed by atoms with Crippen LogP contribution in [-0.2, 0) is 14.3 Å². The molecule has 2 N–H and O–H groups in total. The maximum Gasteiger partial charge on any atom is 0.303 e. The summed E-state index contributed by atoms with van der Waals surface area (Å²) < 4.78 is 4.90. The molecule has 1 amide bonds. The third-order valence-corrected chi connectivity index (χ3v) is 1.92. The zero-order valence-corrected chi connectivity index (χ0v) is 8.74. The van der Waals surface area contributed by atoms with Gasteiger partial charge in [-0.05, 0) is 5.92 Å². The van der Waals surface area contributed by atoms with Crippen molar-refractivity contribution in [2.75, 3.05) is 13.7 Å². The molecule has 0 heterocycles. The van der Waals surface area contributed by atoms with Crippen LogP contribution in [0.15, 0.2) is 0 Å². The number of methoxy groups -OCH3 is 1. The first-order chi connectivity index (χ1) is 6.47. The first-order valence-electron chi connectivity index (χ1n) is 4.45. The van der Waals surface area contributed by atoms with Gasteiger partial charge in [-0.25, -0.2) is 0 Å². The number of carboxylic acids is 1. The molecule has 0 aromatic heterocycles. The molecule has 0 rings (SSSR count). The van der Waals surface area contributed by atoms with Gasteiger partial charge in [-0.3, -0.25) is 9.59 Å². The summed E-state index contributed by atoms with van der Waals surface area (Å²) in [6.45, 7) is 3.50. The highest BCUT2D eigenvalue weighted by molar-refractivity contribution is 5.73. The number of ether oxygens (including phenoxy) is 1. The molecule has 0 spiro atoms. The van der Waals surface area contributed by atoms with Crippen LogP contribution >= 0.6 is 0 Å². The largest absolute Gasteiger partial charge is 0.481 e. The second-order valence-corrected chi connectivity index (χ2v) is 3.34. The summed E-state index contributed by atoms with van der Waals surface area (Å²) >= 11 is 0. The van der Waals surface area contributed by atoms with Crippen molar-refractivity contribution in [1.82, 2.24) is 5.32 Å². The minimum Gasteiger partial charge on any atom is -0.481 e. The lowest BCUT2D eigenvalue weighted by Crippen LogP contribution is -2.42. The lowest BCUT2D eigenvalue weighted by atomic mass is 9.99. The van der Waals surface area contributed by atoms with Crippen molar-refractivity contribution in [2.24, 2.45) is 5.92 Å². The van der Waals surface area contributed by atoms with Gasteiger partial charge in [-0.1, -0.05) is 6.92 Å². The summed E-state index contributed by atoms with van der Waals surface area (Å²) in [4.78, 5) is 21.3. The smallest absolute Gasteiger partial charge is 0.303 e. The molecule has 0 saturated carbocycles. The minimum atomic E-state index is -0.871. The van der Waals surface area contributed by atoms with Crippen LogP contribution in [0.2, 0.25) is 0 Å². The van der Waals surface area contributed by atoms with Crippen molar-refractivity contribution < 1.29 is 19.4 Å². The molecule has 0 aromatic carbocycles. The Morgan fingerprint density at radius 3 is 2.43 bits per heavy atom. The quantitative estimate of drug-likeness (QED) is 0.648. The third-order valence-electron chi connectivity index (χ3n) is 1.92. The van der Waals surface area contributed by atoms with Crippen molar-refractivity contribution in [1.29, 1.82) is 0 Å². The van der Waals surface area contributed by atoms with Crippen LogP contribution in [0.25, 0.3) is 0 Å². The fourth-order valence-corrected chi connectivity index (χ4v) is 1.21. The fraction of sp³-hybridized carbons (Fsp3) is 0.778. The summed E-state index contributed by atoms with van der Waals surface area (Å²) in [5.74, 6) is -1.19. The van der Waals surface area contributed by atoms with E-state index in [0.29, 0.717) is 6.61 Å². The summed E-state index contributed by atoms with van der Waals surface area (Å²) in [7, 11) is 1.52. The predicted octanol–water partition coefficient (Wildman–Crippen LogP) is 0.248.